The van der Waals surface area contributed by atoms with Crippen molar-refractivity contribution in [2.75, 3.05) is 17.9 Å². The standard InChI is InChI=1S/C25H28N2O4S/c1-17-9-10-19(3)23(15-17)31-14-13-26-25(28)21-12-11-20(4)24(16-21)32(29,30)27-22-8-6-5-7-18(22)2/h5-12,15-16,27H,13-14H2,1-4H3,(H,26,28). The SMILES string of the molecule is Cc1ccc(C)c(OCCNC(=O)c2ccc(C)c(S(=O)(=O)Nc3ccccc3C)c2)c1. The second-order valence-electron chi connectivity index (χ2n) is 7.77. The van der Waals surface area contributed by atoms with Gasteiger partial charge in [-0.1, -0.05) is 36.4 Å². The van der Waals surface area contributed by atoms with Gasteiger partial charge in [-0.2, -0.15) is 0 Å². The molecule has 168 valence electrons. The van der Waals surface area contributed by atoms with Crippen molar-refractivity contribution >= 4 is 21.6 Å². The summed E-state index contributed by atoms with van der Waals surface area (Å²) >= 11 is 0. The Labute approximate surface area is 189 Å². The molecule has 0 spiro atoms. The fourth-order valence-corrected chi connectivity index (χ4v) is 4.61. The van der Waals surface area contributed by atoms with E-state index in [1.807, 2.05) is 51.1 Å². The monoisotopic (exact) mass is 452 g/mol. The van der Waals surface area contributed by atoms with Crippen LogP contribution < -0.4 is 14.8 Å². The third kappa shape index (κ3) is 5.68. The minimum Gasteiger partial charge on any atom is -0.491 e. The van der Waals surface area contributed by atoms with Gasteiger partial charge in [0.25, 0.3) is 15.9 Å². The summed E-state index contributed by atoms with van der Waals surface area (Å²) in [5.41, 5.74) is 4.27. The topological polar surface area (TPSA) is 84.5 Å². The number of anilines is 1. The van der Waals surface area contributed by atoms with Crippen molar-refractivity contribution in [2.45, 2.75) is 32.6 Å². The van der Waals surface area contributed by atoms with Crippen LogP contribution in [-0.2, 0) is 10.0 Å². The molecule has 0 fully saturated rings. The molecule has 32 heavy (non-hydrogen) atoms. The molecule has 3 rings (SSSR count). The Balaban J connectivity index is 1.67. The molecule has 0 unspecified atom stereocenters. The number of hydrogen-bond donors (Lipinski definition) is 2. The molecule has 0 heterocycles. The average molecular weight is 453 g/mol. The van der Waals surface area contributed by atoms with Crippen LogP contribution in [0.1, 0.15) is 32.6 Å². The lowest BCUT2D eigenvalue weighted by Gasteiger charge is -2.14. The summed E-state index contributed by atoms with van der Waals surface area (Å²) in [6.07, 6.45) is 0. The number of carbonyl (C=O) groups is 1. The predicted octanol–water partition coefficient (Wildman–Crippen LogP) is 4.53. The van der Waals surface area contributed by atoms with Gasteiger partial charge in [0.1, 0.15) is 12.4 Å². The van der Waals surface area contributed by atoms with E-state index >= 15 is 0 Å². The van der Waals surface area contributed by atoms with Gasteiger partial charge in [-0.15, -0.1) is 0 Å². The molecule has 1 amide bonds. The highest BCUT2D eigenvalue weighted by atomic mass is 32.2. The lowest BCUT2D eigenvalue weighted by atomic mass is 10.1. The molecule has 0 bridgehead atoms. The van der Waals surface area contributed by atoms with Gasteiger partial charge in [-0.05, 0) is 74.2 Å². The molecular formula is C25H28N2O4S. The van der Waals surface area contributed by atoms with Crippen LogP contribution in [0.2, 0.25) is 0 Å². The fraction of sp³-hybridized carbons (Fsp3) is 0.240. The Hall–Kier alpha value is -3.32. The molecule has 0 aliphatic rings. The zero-order valence-corrected chi connectivity index (χ0v) is 19.5. The molecule has 7 heteroatoms. The van der Waals surface area contributed by atoms with Crippen LogP contribution in [0, 0.1) is 27.7 Å². The van der Waals surface area contributed by atoms with E-state index < -0.39 is 10.0 Å². The van der Waals surface area contributed by atoms with Crippen LogP contribution in [0.25, 0.3) is 0 Å². The molecule has 3 aromatic carbocycles. The van der Waals surface area contributed by atoms with Crippen LogP contribution in [-0.4, -0.2) is 27.5 Å². The number of sulfonamides is 1. The van der Waals surface area contributed by atoms with Gasteiger partial charge in [0, 0.05) is 5.56 Å². The van der Waals surface area contributed by atoms with E-state index in [4.69, 9.17) is 4.74 Å². The smallest absolute Gasteiger partial charge is 0.262 e. The summed E-state index contributed by atoms with van der Waals surface area (Å²) in [5, 5.41) is 2.78. The van der Waals surface area contributed by atoms with Gasteiger partial charge < -0.3 is 10.1 Å². The second-order valence-corrected chi connectivity index (χ2v) is 9.42. The number of rotatable bonds is 8. The first-order valence-electron chi connectivity index (χ1n) is 10.3. The Kier molecular flexibility index (Phi) is 7.20. The van der Waals surface area contributed by atoms with Crippen LogP contribution in [0.5, 0.6) is 5.75 Å². The summed E-state index contributed by atoms with van der Waals surface area (Å²) in [7, 11) is -3.85. The largest absolute Gasteiger partial charge is 0.491 e. The summed E-state index contributed by atoms with van der Waals surface area (Å²) in [5.74, 6) is 0.423. The minimum atomic E-state index is -3.85. The van der Waals surface area contributed by atoms with Crippen molar-refractivity contribution in [1.29, 1.82) is 0 Å². The summed E-state index contributed by atoms with van der Waals surface area (Å²) in [4.78, 5) is 12.7. The first-order chi connectivity index (χ1) is 15.2. The van der Waals surface area contributed by atoms with E-state index in [2.05, 4.69) is 10.0 Å². The van der Waals surface area contributed by atoms with Crippen molar-refractivity contribution in [3.63, 3.8) is 0 Å². The number of nitrogens with one attached hydrogen (secondary N) is 2. The van der Waals surface area contributed by atoms with E-state index in [1.54, 1.807) is 31.2 Å². The van der Waals surface area contributed by atoms with Crippen LogP contribution >= 0.6 is 0 Å². The first kappa shape index (κ1) is 23.3. The van der Waals surface area contributed by atoms with Crippen molar-refractivity contribution in [1.82, 2.24) is 5.32 Å². The highest BCUT2D eigenvalue weighted by Crippen LogP contribution is 2.23. The zero-order valence-electron chi connectivity index (χ0n) is 18.7. The van der Waals surface area contributed by atoms with E-state index in [9.17, 15) is 13.2 Å². The van der Waals surface area contributed by atoms with E-state index in [0.29, 0.717) is 24.4 Å². The molecule has 2 N–H and O–H groups in total. The summed E-state index contributed by atoms with van der Waals surface area (Å²) in [6.45, 7) is 8.09. The molecular weight excluding hydrogens is 424 g/mol. The third-order valence-corrected chi connectivity index (χ3v) is 6.63. The number of carbonyl (C=O) groups excluding carboxylic acids is 1. The van der Waals surface area contributed by atoms with Crippen molar-refractivity contribution in [3.05, 3.63) is 88.5 Å². The Bertz CT molecular complexity index is 1240. The van der Waals surface area contributed by atoms with E-state index in [1.165, 1.54) is 6.07 Å². The maximum atomic E-state index is 13.0. The molecule has 0 saturated carbocycles. The maximum Gasteiger partial charge on any atom is 0.262 e. The maximum absolute atomic E-state index is 13.0. The van der Waals surface area contributed by atoms with Crippen LogP contribution in [0.3, 0.4) is 0 Å². The number of ether oxygens (including phenoxy) is 1. The Morgan fingerprint density at radius 3 is 2.34 bits per heavy atom. The number of aryl methyl sites for hydroxylation is 4. The quantitative estimate of drug-likeness (QED) is 0.492. The van der Waals surface area contributed by atoms with Gasteiger partial charge >= 0.3 is 0 Å². The number of amides is 1. The predicted molar refractivity (Wildman–Crippen MR) is 127 cm³/mol. The van der Waals surface area contributed by atoms with Crippen LogP contribution in [0.4, 0.5) is 5.69 Å². The van der Waals surface area contributed by atoms with Gasteiger partial charge in [-0.3, -0.25) is 9.52 Å². The first-order valence-corrected chi connectivity index (χ1v) is 11.8. The lowest BCUT2D eigenvalue weighted by molar-refractivity contribution is 0.0946. The molecule has 0 atom stereocenters. The van der Waals surface area contributed by atoms with Crippen molar-refractivity contribution < 1.29 is 17.9 Å². The number of benzene rings is 3. The summed E-state index contributed by atoms with van der Waals surface area (Å²) < 4.78 is 34.3. The third-order valence-electron chi connectivity index (χ3n) is 5.12. The molecule has 0 aromatic heterocycles. The lowest BCUT2D eigenvalue weighted by Crippen LogP contribution is -2.28. The molecule has 0 aliphatic heterocycles. The summed E-state index contributed by atoms with van der Waals surface area (Å²) in [6, 6.07) is 17.7. The highest BCUT2D eigenvalue weighted by Gasteiger charge is 2.20. The molecule has 0 radical (unpaired) electrons. The van der Waals surface area contributed by atoms with Gasteiger partial charge in [0.15, 0.2) is 0 Å². The fourth-order valence-electron chi connectivity index (χ4n) is 3.21. The highest BCUT2D eigenvalue weighted by molar-refractivity contribution is 7.92. The number of hydrogen-bond acceptors (Lipinski definition) is 4. The molecule has 0 aliphatic carbocycles. The van der Waals surface area contributed by atoms with Gasteiger partial charge in [-0.25, -0.2) is 8.42 Å². The Morgan fingerprint density at radius 1 is 0.875 bits per heavy atom. The minimum absolute atomic E-state index is 0.0695. The van der Waals surface area contributed by atoms with E-state index in [-0.39, 0.29) is 16.4 Å². The average Bonchev–Trinajstić information content (AvgIpc) is 2.75. The number of para-hydroxylation sites is 1. The van der Waals surface area contributed by atoms with Crippen LogP contribution in [0.15, 0.2) is 65.6 Å². The van der Waals surface area contributed by atoms with Gasteiger partial charge in [0.2, 0.25) is 0 Å². The van der Waals surface area contributed by atoms with Crippen molar-refractivity contribution in [3.8, 4) is 5.75 Å². The van der Waals surface area contributed by atoms with Gasteiger partial charge in [0.05, 0.1) is 17.1 Å². The molecule has 0 saturated heterocycles. The second kappa shape index (κ2) is 9.87. The molecule has 6 nitrogen and oxygen atoms in total. The molecule has 3 aromatic rings. The van der Waals surface area contributed by atoms with E-state index in [0.717, 1.165) is 22.4 Å². The Morgan fingerprint density at radius 2 is 1.59 bits per heavy atom. The van der Waals surface area contributed by atoms with Crippen molar-refractivity contribution in [2.24, 2.45) is 0 Å². The zero-order chi connectivity index (χ0) is 23.3. The normalized spacial score (nSPS) is 11.1.